The number of benzene rings is 1. The van der Waals surface area contributed by atoms with Gasteiger partial charge in [0.25, 0.3) is 5.88 Å². The van der Waals surface area contributed by atoms with E-state index in [0.29, 0.717) is 52.8 Å². The summed E-state index contributed by atoms with van der Waals surface area (Å²) in [5, 5.41) is 11.4. The lowest BCUT2D eigenvalue weighted by Gasteiger charge is -2.57. The molecule has 1 aromatic carbocycles. The van der Waals surface area contributed by atoms with Crippen LogP contribution in [0.3, 0.4) is 0 Å². The molecule has 11 heteroatoms. The first-order chi connectivity index (χ1) is 20.8. The minimum Gasteiger partial charge on any atom is -0.434 e. The van der Waals surface area contributed by atoms with Gasteiger partial charge in [0.05, 0.1) is 5.69 Å². The lowest BCUT2D eigenvalue weighted by molar-refractivity contribution is -0.121. The van der Waals surface area contributed by atoms with E-state index >= 15 is 0 Å². The highest BCUT2D eigenvalue weighted by atomic mass is 19.1. The predicted molar refractivity (Wildman–Crippen MR) is 159 cm³/mol. The number of hydrogen-bond acceptors (Lipinski definition) is 9. The smallest absolute Gasteiger partial charge is 0.282 e. The molecule has 1 N–H and O–H groups in total. The number of ether oxygens (including phenoxy) is 1. The highest BCUT2D eigenvalue weighted by molar-refractivity contribution is 5.74. The van der Waals surface area contributed by atoms with Crippen molar-refractivity contribution in [2.24, 2.45) is 17.3 Å². The molecular formula is C32H39FN8O2. The van der Waals surface area contributed by atoms with Gasteiger partial charge in [-0.15, -0.1) is 10.2 Å². The first-order valence-electron chi connectivity index (χ1n) is 15.5. The monoisotopic (exact) mass is 586 g/mol. The van der Waals surface area contributed by atoms with Crippen molar-refractivity contribution in [1.82, 2.24) is 35.4 Å². The largest absolute Gasteiger partial charge is 0.434 e. The molecule has 7 rings (SSSR count). The van der Waals surface area contributed by atoms with Crippen molar-refractivity contribution in [1.29, 1.82) is 0 Å². The quantitative estimate of drug-likeness (QED) is 0.385. The van der Waals surface area contributed by atoms with Gasteiger partial charge in [0.15, 0.2) is 5.82 Å². The molecule has 4 fully saturated rings. The lowest BCUT2D eigenvalue weighted by atomic mass is 9.68. The molecule has 1 spiro atoms. The summed E-state index contributed by atoms with van der Waals surface area (Å²) < 4.78 is 20.9. The topological polar surface area (TPSA) is 109 Å². The Kier molecular flexibility index (Phi) is 7.23. The van der Waals surface area contributed by atoms with Gasteiger partial charge >= 0.3 is 0 Å². The molecule has 10 nitrogen and oxygen atoms in total. The molecule has 2 aromatic heterocycles. The standard InChI is InChI=1S/C32H39FN8O2/c1-19(2)29(22-10-24(11-22)38-20(3)42)41-15-32(16-41)8-9-40(14-32)30-31(39-37-18-36-30)43-27-7-6-23(33)12-25(27)26-13-34-17-35-28(26)21-4-5-21/h6-7,12-13,17-19,21-22,24,29H,4-5,8-11,14-16H2,1-3H3,(H,38,42)/t22?,24?,29-/m1/s1. The van der Waals surface area contributed by atoms with Crippen LogP contribution in [0.4, 0.5) is 10.2 Å². The van der Waals surface area contributed by atoms with Crippen molar-refractivity contribution in [3.8, 4) is 22.8 Å². The van der Waals surface area contributed by atoms with E-state index in [1.54, 1.807) is 25.5 Å². The van der Waals surface area contributed by atoms with Crippen LogP contribution in [0, 0.1) is 23.1 Å². The Morgan fingerprint density at radius 2 is 1.93 bits per heavy atom. The number of rotatable bonds is 9. The number of nitrogens with zero attached hydrogens (tertiary/aromatic N) is 7. The normalized spacial score (nSPS) is 23.6. The van der Waals surface area contributed by atoms with Gasteiger partial charge in [-0.25, -0.2) is 19.3 Å². The van der Waals surface area contributed by atoms with Gasteiger partial charge in [0.2, 0.25) is 5.91 Å². The Hall–Kier alpha value is -3.73. The summed E-state index contributed by atoms with van der Waals surface area (Å²) in [4.78, 5) is 29.7. The molecule has 2 aliphatic heterocycles. The van der Waals surface area contributed by atoms with Crippen molar-refractivity contribution in [3.05, 3.63) is 48.6 Å². The molecule has 4 heterocycles. The third-order valence-corrected chi connectivity index (χ3v) is 9.70. The van der Waals surface area contributed by atoms with E-state index < -0.39 is 0 Å². The van der Waals surface area contributed by atoms with E-state index in [1.165, 1.54) is 18.5 Å². The first-order valence-corrected chi connectivity index (χ1v) is 15.5. The van der Waals surface area contributed by atoms with Crippen molar-refractivity contribution < 1.29 is 13.9 Å². The molecule has 0 bridgehead atoms. The predicted octanol–water partition coefficient (Wildman–Crippen LogP) is 4.59. The summed E-state index contributed by atoms with van der Waals surface area (Å²) in [5.41, 5.74) is 2.51. The highest BCUT2D eigenvalue weighted by Crippen LogP contribution is 2.48. The van der Waals surface area contributed by atoms with Crippen molar-refractivity contribution in [2.45, 2.75) is 70.9 Å². The number of aromatic nitrogens is 5. The lowest BCUT2D eigenvalue weighted by Crippen LogP contribution is -2.65. The molecule has 1 amide bonds. The van der Waals surface area contributed by atoms with E-state index in [1.807, 2.05) is 0 Å². The SMILES string of the molecule is CC(=O)NC1CC([C@@H](C(C)C)N2CC3(CCN(c4ncnnc4Oc4ccc(F)cc4-c4cncnc4C4CC4)C3)C2)C1. The summed E-state index contributed by atoms with van der Waals surface area (Å²) in [5.74, 6) is 2.70. The molecule has 2 saturated carbocycles. The summed E-state index contributed by atoms with van der Waals surface area (Å²) in [6.45, 7) is 10.1. The van der Waals surface area contributed by atoms with E-state index in [0.717, 1.165) is 69.5 Å². The second kappa shape index (κ2) is 11.1. The van der Waals surface area contributed by atoms with Crippen LogP contribution in [0.25, 0.3) is 11.1 Å². The molecule has 43 heavy (non-hydrogen) atoms. The third kappa shape index (κ3) is 5.55. The number of carbonyl (C=O) groups excluding carboxylic acids is 1. The number of nitrogens with one attached hydrogen (secondary N) is 1. The second-order valence-electron chi connectivity index (χ2n) is 13.4. The summed E-state index contributed by atoms with van der Waals surface area (Å²) in [6, 6.07) is 5.35. The molecule has 226 valence electrons. The van der Waals surface area contributed by atoms with Crippen LogP contribution in [0.15, 0.2) is 37.1 Å². The van der Waals surface area contributed by atoms with Crippen LogP contribution < -0.4 is 15.0 Å². The molecule has 2 saturated heterocycles. The van der Waals surface area contributed by atoms with Crippen molar-refractivity contribution >= 4 is 11.7 Å². The van der Waals surface area contributed by atoms with Crippen LogP contribution in [0.1, 0.15) is 64.5 Å². The second-order valence-corrected chi connectivity index (χ2v) is 13.4. The molecule has 4 aliphatic rings. The van der Waals surface area contributed by atoms with Crippen molar-refractivity contribution in [3.63, 3.8) is 0 Å². The number of halogens is 1. The fourth-order valence-electron chi connectivity index (χ4n) is 7.69. The number of carbonyl (C=O) groups is 1. The Morgan fingerprint density at radius 3 is 2.67 bits per heavy atom. The molecule has 0 unspecified atom stereocenters. The van der Waals surface area contributed by atoms with Gasteiger partial charge in [-0.1, -0.05) is 13.8 Å². The van der Waals surface area contributed by atoms with E-state index in [4.69, 9.17) is 4.74 Å². The summed E-state index contributed by atoms with van der Waals surface area (Å²) in [7, 11) is 0. The Bertz CT molecular complexity index is 1500. The van der Waals surface area contributed by atoms with Crippen LogP contribution >= 0.6 is 0 Å². The average molecular weight is 587 g/mol. The maximum atomic E-state index is 14.5. The maximum absolute atomic E-state index is 14.5. The Morgan fingerprint density at radius 1 is 1.12 bits per heavy atom. The van der Waals surface area contributed by atoms with Gasteiger partial charge in [0.1, 0.15) is 24.2 Å². The zero-order chi connectivity index (χ0) is 29.7. The van der Waals surface area contributed by atoms with E-state index in [9.17, 15) is 9.18 Å². The third-order valence-electron chi connectivity index (χ3n) is 9.70. The van der Waals surface area contributed by atoms with Crippen LogP contribution in [0.2, 0.25) is 0 Å². The minimum absolute atomic E-state index is 0.0637. The zero-order valence-electron chi connectivity index (χ0n) is 25.0. The van der Waals surface area contributed by atoms with Gasteiger partial charge in [-0.05, 0) is 62.1 Å². The zero-order valence-corrected chi connectivity index (χ0v) is 25.0. The first kappa shape index (κ1) is 28.1. The van der Waals surface area contributed by atoms with Gasteiger partial charge < -0.3 is 15.0 Å². The molecular weight excluding hydrogens is 547 g/mol. The van der Waals surface area contributed by atoms with Crippen LogP contribution in [0.5, 0.6) is 11.6 Å². The maximum Gasteiger partial charge on any atom is 0.282 e. The van der Waals surface area contributed by atoms with Crippen LogP contribution in [-0.2, 0) is 4.79 Å². The number of amides is 1. The van der Waals surface area contributed by atoms with Crippen LogP contribution in [-0.4, -0.2) is 74.2 Å². The molecule has 2 aliphatic carbocycles. The number of anilines is 1. The fraction of sp³-hybridized carbons (Fsp3) is 0.562. The van der Waals surface area contributed by atoms with E-state index in [2.05, 4.69) is 54.1 Å². The number of likely N-dealkylation sites (tertiary alicyclic amines) is 1. The van der Waals surface area contributed by atoms with Gasteiger partial charge in [0, 0.05) is 73.8 Å². The molecule has 1 atom stereocenters. The molecule has 3 aromatic rings. The minimum atomic E-state index is -0.353. The summed E-state index contributed by atoms with van der Waals surface area (Å²) >= 11 is 0. The van der Waals surface area contributed by atoms with E-state index in [-0.39, 0.29) is 17.1 Å². The van der Waals surface area contributed by atoms with Gasteiger partial charge in [-0.3, -0.25) is 9.69 Å². The fourth-order valence-corrected chi connectivity index (χ4v) is 7.69. The highest BCUT2D eigenvalue weighted by Gasteiger charge is 2.53. The number of hydrogen-bond donors (Lipinski definition) is 1. The molecule has 0 radical (unpaired) electrons. The van der Waals surface area contributed by atoms with Gasteiger partial charge in [-0.2, -0.15) is 0 Å². The Labute approximate surface area is 251 Å². The Balaban J connectivity index is 1.06. The van der Waals surface area contributed by atoms with Crippen molar-refractivity contribution in [2.75, 3.05) is 31.1 Å². The average Bonchev–Trinajstić information content (AvgIpc) is 3.70. The summed E-state index contributed by atoms with van der Waals surface area (Å²) in [6.07, 6.45) is 10.1.